The van der Waals surface area contributed by atoms with Crippen molar-refractivity contribution in [1.82, 2.24) is 14.9 Å². The number of hydrogen-bond acceptors (Lipinski definition) is 10. The third-order valence-electron chi connectivity index (χ3n) is 6.69. The van der Waals surface area contributed by atoms with E-state index >= 15 is 0 Å². The molecule has 1 aliphatic rings. The smallest absolute Gasteiger partial charge is 0.327 e. The second-order valence-electron chi connectivity index (χ2n) is 10.1. The Morgan fingerprint density at radius 3 is 2.45 bits per heavy atom. The highest BCUT2D eigenvalue weighted by molar-refractivity contribution is 7.79. The standard InChI is InChI=1S/C30H29N7O6S/c1-16-13-20(9-12-22(16)25(31)32)42-28-24-26(33-23(27(38)34-24)14-17-7-10-21(11-8-17)44(40)41)35-30(36-28)43-19-6-4-5-18(15-19)29(39)37(2)3/h4-13,15,23H,14H2,1-3H3,(H3,31,32)(H,34,38)(H,40,41)(H,33,35,36)/p-1. The summed E-state index contributed by atoms with van der Waals surface area (Å²) in [6.45, 7) is 1.78. The van der Waals surface area contributed by atoms with Gasteiger partial charge in [0.25, 0.3) is 11.8 Å². The van der Waals surface area contributed by atoms with Crippen LogP contribution >= 0.6 is 0 Å². The van der Waals surface area contributed by atoms with Crippen molar-refractivity contribution in [3.63, 3.8) is 0 Å². The van der Waals surface area contributed by atoms with Gasteiger partial charge in [-0.1, -0.05) is 18.2 Å². The van der Waals surface area contributed by atoms with Gasteiger partial charge < -0.3 is 35.3 Å². The van der Waals surface area contributed by atoms with E-state index in [1.54, 1.807) is 75.6 Å². The van der Waals surface area contributed by atoms with Gasteiger partial charge in [-0.3, -0.25) is 19.2 Å². The Morgan fingerprint density at radius 1 is 1.07 bits per heavy atom. The molecule has 4 aromatic rings. The lowest BCUT2D eigenvalue weighted by atomic mass is 10.0. The van der Waals surface area contributed by atoms with Gasteiger partial charge in [0.2, 0.25) is 5.91 Å². The van der Waals surface area contributed by atoms with Crippen molar-refractivity contribution < 1.29 is 27.8 Å². The number of nitrogens with zero attached hydrogens (tertiary/aromatic N) is 3. The van der Waals surface area contributed by atoms with Crippen molar-refractivity contribution in [3.8, 4) is 23.4 Å². The van der Waals surface area contributed by atoms with Crippen LogP contribution in [0, 0.1) is 12.3 Å². The maximum absolute atomic E-state index is 13.2. The Labute approximate surface area is 255 Å². The second kappa shape index (κ2) is 12.5. The van der Waals surface area contributed by atoms with E-state index in [4.69, 9.17) is 20.6 Å². The normalized spacial score (nSPS) is 14.5. The third kappa shape index (κ3) is 6.66. The van der Waals surface area contributed by atoms with Crippen LogP contribution in [0.5, 0.6) is 23.4 Å². The molecule has 3 aromatic carbocycles. The minimum Gasteiger partial charge on any atom is -0.768 e. The quantitative estimate of drug-likeness (QED) is 0.123. The van der Waals surface area contributed by atoms with E-state index in [9.17, 15) is 18.4 Å². The van der Waals surface area contributed by atoms with Gasteiger partial charge in [0, 0.05) is 36.5 Å². The zero-order valence-corrected chi connectivity index (χ0v) is 24.7. The number of nitrogens with two attached hydrogens (primary N) is 1. The summed E-state index contributed by atoms with van der Waals surface area (Å²) in [6, 6.07) is 16.8. The zero-order chi connectivity index (χ0) is 31.5. The van der Waals surface area contributed by atoms with Crippen molar-refractivity contribution >= 4 is 40.2 Å². The molecule has 0 saturated heterocycles. The Bertz CT molecular complexity index is 1800. The molecule has 13 nitrogen and oxygen atoms in total. The van der Waals surface area contributed by atoms with Crippen molar-refractivity contribution in [2.45, 2.75) is 24.3 Å². The lowest BCUT2D eigenvalue weighted by Gasteiger charge is -2.27. The first kappa shape index (κ1) is 30.1. The van der Waals surface area contributed by atoms with E-state index in [1.807, 2.05) is 0 Å². The zero-order valence-electron chi connectivity index (χ0n) is 23.9. The molecular weight excluding hydrogens is 586 g/mol. The molecule has 44 heavy (non-hydrogen) atoms. The Kier molecular flexibility index (Phi) is 8.55. The summed E-state index contributed by atoms with van der Waals surface area (Å²) in [5, 5.41) is 13.7. The summed E-state index contributed by atoms with van der Waals surface area (Å²) < 4.78 is 34.5. The Hall–Kier alpha value is -5.34. The van der Waals surface area contributed by atoms with Crippen molar-refractivity contribution in [3.05, 3.63) is 89.0 Å². The molecule has 0 radical (unpaired) electrons. The monoisotopic (exact) mass is 614 g/mol. The minimum atomic E-state index is -2.36. The number of benzene rings is 3. The molecule has 0 bridgehead atoms. The summed E-state index contributed by atoms with van der Waals surface area (Å²) in [5.41, 5.74) is 8.20. The molecule has 0 aliphatic carbocycles. The lowest BCUT2D eigenvalue weighted by Crippen LogP contribution is -2.41. The fraction of sp³-hybridized carbons (Fsp3) is 0.167. The number of nitrogen functional groups attached to an aromatic ring is 1. The molecule has 1 aliphatic heterocycles. The van der Waals surface area contributed by atoms with Crippen LogP contribution in [0.15, 0.2) is 71.6 Å². The van der Waals surface area contributed by atoms with Gasteiger partial charge >= 0.3 is 6.01 Å². The van der Waals surface area contributed by atoms with Crippen molar-refractivity contribution in [2.24, 2.45) is 5.73 Å². The van der Waals surface area contributed by atoms with E-state index in [2.05, 4.69) is 20.6 Å². The molecule has 14 heteroatoms. The summed E-state index contributed by atoms with van der Waals surface area (Å²) in [6.07, 6.45) is 0.230. The van der Waals surface area contributed by atoms with E-state index < -0.39 is 17.1 Å². The topological polar surface area (TPSA) is 196 Å². The summed E-state index contributed by atoms with van der Waals surface area (Å²) in [4.78, 5) is 36.1. The first-order valence-electron chi connectivity index (χ1n) is 13.3. The first-order chi connectivity index (χ1) is 21.0. The molecule has 1 aromatic heterocycles. The summed E-state index contributed by atoms with van der Waals surface area (Å²) >= 11 is -2.36. The predicted octanol–water partition coefficient (Wildman–Crippen LogP) is 3.57. The fourth-order valence-corrected chi connectivity index (χ4v) is 4.84. The number of hydrogen-bond donors (Lipinski definition) is 4. The van der Waals surface area contributed by atoms with E-state index in [0.29, 0.717) is 28.2 Å². The molecule has 0 fully saturated rings. The highest BCUT2D eigenvalue weighted by atomic mass is 32.2. The van der Waals surface area contributed by atoms with Gasteiger partial charge in [0.1, 0.15) is 29.1 Å². The number of fused-ring (bicyclic) bond motifs is 1. The number of aryl methyl sites for hydroxylation is 1. The average Bonchev–Trinajstić information content (AvgIpc) is 2.98. The van der Waals surface area contributed by atoms with Crippen LogP contribution in [0.3, 0.4) is 0 Å². The molecular formula is C30H28N7O6S-. The number of amidine groups is 1. The highest BCUT2D eigenvalue weighted by Gasteiger charge is 2.31. The van der Waals surface area contributed by atoms with Gasteiger partial charge in [0.15, 0.2) is 5.82 Å². The molecule has 226 valence electrons. The molecule has 2 atom stereocenters. The van der Waals surface area contributed by atoms with Gasteiger partial charge in [-0.15, -0.1) is 0 Å². The number of aromatic nitrogens is 2. The number of carbonyl (C=O) groups excluding carboxylic acids is 2. The Balaban J connectivity index is 1.49. The van der Waals surface area contributed by atoms with E-state index in [-0.39, 0.29) is 52.4 Å². The number of amides is 2. The van der Waals surface area contributed by atoms with Crippen LogP contribution in [-0.2, 0) is 22.3 Å². The van der Waals surface area contributed by atoms with Crippen LogP contribution in [0.4, 0.5) is 11.5 Å². The van der Waals surface area contributed by atoms with Crippen LogP contribution in [-0.4, -0.2) is 61.4 Å². The van der Waals surface area contributed by atoms with Crippen molar-refractivity contribution in [2.75, 3.05) is 24.7 Å². The average molecular weight is 615 g/mol. The SMILES string of the molecule is Cc1cc(Oc2nc(Oc3cccc(C(=O)N(C)C)c3)nc3c2NC(=O)C(Cc2ccc(S(=O)[O-])cc2)N3)ccc1C(=N)N. The lowest BCUT2D eigenvalue weighted by molar-refractivity contribution is -0.117. The van der Waals surface area contributed by atoms with E-state index in [0.717, 1.165) is 5.56 Å². The van der Waals surface area contributed by atoms with Crippen LogP contribution < -0.4 is 25.8 Å². The van der Waals surface area contributed by atoms with Gasteiger partial charge in [-0.25, -0.2) is 0 Å². The van der Waals surface area contributed by atoms with Crippen LogP contribution in [0.25, 0.3) is 0 Å². The first-order valence-corrected chi connectivity index (χ1v) is 14.4. The molecule has 0 spiro atoms. The second-order valence-corrected chi connectivity index (χ2v) is 11.1. The minimum absolute atomic E-state index is 0.0120. The number of carbonyl (C=O) groups is 2. The summed E-state index contributed by atoms with van der Waals surface area (Å²) in [5.74, 6) is 0.206. The fourth-order valence-electron chi connectivity index (χ4n) is 4.48. The molecule has 5 N–H and O–H groups in total. The molecule has 2 heterocycles. The Morgan fingerprint density at radius 2 is 1.80 bits per heavy atom. The number of anilines is 2. The van der Waals surface area contributed by atoms with E-state index in [1.165, 1.54) is 17.0 Å². The molecule has 5 rings (SSSR count). The van der Waals surface area contributed by atoms with Gasteiger partial charge in [-0.2, -0.15) is 9.97 Å². The van der Waals surface area contributed by atoms with Gasteiger partial charge in [-0.05, 0) is 77.7 Å². The van der Waals surface area contributed by atoms with Gasteiger partial charge in [0.05, 0.1) is 0 Å². The van der Waals surface area contributed by atoms with Crippen LogP contribution in [0.1, 0.15) is 27.0 Å². The molecule has 0 saturated carbocycles. The largest absolute Gasteiger partial charge is 0.768 e. The molecule has 2 amide bonds. The highest BCUT2D eigenvalue weighted by Crippen LogP contribution is 2.39. The number of nitrogens with one attached hydrogen (secondary N) is 3. The number of rotatable bonds is 9. The predicted molar refractivity (Wildman–Crippen MR) is 162 cm³/mol. The third-order valence-corrected chi connectivity index (χ3v) is 7.34. The molecule has 2 unspecified atom stereocenters. The summed E-state index contributed by atoms with van der Waals surface area (Å²) in [7, 11) is 3.29. The maximum atomic E-state index is 13.2. The van der Waals surface area contributed by atoms with Crippen molar-refractivity contribution in [1.29, 1.82) is 5.41 Å². The van der Waals surface area contributed by atoms with Crippen LogP contribution in [0.2, 0.25) is 0 Å². The number of ether oxygens (including phenoxy) is 2. The maximum Gasteiger partial charge on any atom is 0.327 e.